The van der Waals surface area contributed by atoms with Gasteiger partial charge in [-0.1, -0.05) is 6.92 Å². The average molecular weight is 312 g/mol. The second-order valence-corrected chi connectivity index (χ2v) is 7.52. The van der Waals surface area contributed by atoms with Crippen molar-refractivity contribution in [2.75, 3.05) is 13.1 Å². The summed E-state index contributed by atoms with van der Waals surface area (Å²) in [6.07, 6.45) is 5.51. The molecule has 0 aromatic heterocycles. The van der Waals surface area contributed by atoms with E-state index in [4.69, 9.17) is 5.73 Å². The summed E-state index contributed by atoms with van der Waals surface area (Å²) in [7, 11) is -3.28. The summed E-state index contributed by atoms with van der Waals surface area (Å²) >= 11 is 0. The summed E-state index contributed by atoms with van der Waals surface area (Å²) in [6.45, 7) is 3.49. The highest BCUT2D eigenvalue weighted by Gasteiger charge is 2.29. The number of nitrogens with one attached hydrogen (secondary N) is 1. The highest BCUT2D eigenvalue weighted by molar-refractivity contribution is 7.87. The molecule has 2 rings (SSSR count). The van der Waals surface area contributed by atoms with E-state index in [0.29, 0.717) is 19.0 Å². The molecule has 0 bridgehead atoms. The van der Waals surface area contributed by atoms with Gasteiger partial charge in [-0.25, -0.2) is 0 Å². The van der Waals surface area contributed by atoms with Crippen molar-refractivity contribution in [2.24, 2.45) is 11.7 Å². The van der Waals surface area contributed by atoms with E-state index in [0.717, 1.165) is 38.5 Å². The van der Waals surface area contributed by atoms with Crippen LogP contribution in [0.15, 0.2) is 0 Å². The number of halogens is 1. The van der Waals surface area contributed by atoms with E-state index in [2.05, 4.69) is 11.6 Å². The molecule has 0 radical (unpaired) electrons. The van der Waals surface area contributed by atoms with Crippen LogP contribution < -0.4 is 10.5 Å². The summed E-state index contributed by atoms with van der Waals surface area (Å²) in [5.74, 6) is 0.643. The van der Waals surface area contributed by atoms with Crippen molar-refractivity contribution in [3.8, 4) is 0 Å². The van der Waals surface area contributed by atoms with Crippen molar-refractivity contribution in [1.29, 1.82) is 0 Å². The van der Waals surface area contributed by atoms with Gasteiger partial charge in [-0.05, 0) is 44.4 Å². The van der Waals surface area contributed by atoms with Crippen LogP contribution in [0.5, 0.6) is 0 Å². The predicted molar refractivity (Wildman–Crippen MR) is 79.5 cm³/mol. The van der Waals surface area contributed by atoms with Crippen LogP contribution in [0, 0.1) is 5.92 Å². The molecule has 1 aliphatic heterocycles. The lowest BCUT2D eigenvalue weighted by molar-refractivity contribution is 0.279. The predicted octanol–water partition coefficient (Wildman–Crippen LogP) is 1.24. The van der Waals surface area contributed by atoms with Crippen LogP contribution in [0.2, 0.25) is 0 Å². The van der Waals surface area contributed by atoms with Crippen LogP contribution in [0.25, 0.3) is 0 Å². The van der Waals surface area contributed by atoms with E-state index in [-0.39, 0.29) is 24.5 Å². The number of nitrogens with two attached hydrogens (primary N) is 1. The van der Waals surface area contributed by atoms with Gasteiger partial charge in [-0.2, -0.15) is 17.4 Å². The normalized spacial score (nSPS) is 30.8. The van der Waals surface area contributed by atoms with Crippen LogP contribution in [0.4, 0.5) is 0 Å². The minimum Gasteiger partial charge on any atom is -0.328 e. The molecule has 2 fully saturated rings. The molecule has 0 aromatic carbocycles. The Labute approximate surface area is 122 Å². The molecule has 7 heteroatoms. The number of nitrogens with zero attached hydrogens (tertiary/aromatic N) is 1. The quantitative estimate of drug-likeness (QED) is 0.823. The van der Waals surface area contributed by atoms with Crippen molar-refractivity contribution in [2.45, 2.75) is 57.5 Å². The first-order valence-corrected chi connectivity index (χ1v) is 8.44. The zero-order valence-corrected chi connectivity index (χ0v) is 13.2. The second kappa shape index (κ2) is 7.22. The Morgan fingerprint density at radius 2 is 1.58 bits per heavy atom. The van der Waals surface area contributed by atoms with Gasteiger partial charge in [0, 0.05) is 25.2 Å². The molecule has 0 unspecified atom stereocenters. The number of piperidine rings is 1. The molecule has 1 saturated heterocycles. The lowest BCUT2D eigenvalue weighted by Gasteiger charge is -2.32. The molecule has 3 N–H and O–H groups in total. The highest BCUT2D eigenvalue weighted by atomic mass is 35.5. The van der Waals surface area contributed by atoms with Crippen LogP contribution in [0.1, 0.15) is 45.4 Å². The van der Waals surface area contributed by atoms with Gasteiger partial charge in [-0.15, -0.1) is 12.4 Å². The minimum atomic E-state index is -3.28. The maximum atomic E-state index is 12.2. The molecule has 2 aliphatic rings. The van der Waals surface area contributed by atoms with Gasteiger partial charge in [-0.3, -0.25) is 0 Å². The van der Waals surface area contributed by atoms with Gasteiger partial charge < -0.3 is 5.73 Å². The molecule has 19 heavy (non-hydrogen) atoms. The van der Waals surface area contributed by atoms with Crippen molar-refractivity contribution >= 4 is 22.6 Å². The smallest absolute Gasteiger partial charge is 0.279 e. The van der Waals surface area contributed by atoms with Gasteiger partial charge in [0.2, 0.25) is 0 Å². The maximum absolute atomic E-state index is 12.2. The maximum Gasteiger partial charge on any atom is 0.279 e. The lowest BCUT2D eigenvalue weighted by Crippen LogP contribution is -2.49. The van der Waals surface area contributed by atoms with E-state index in [1.165, 1.54) is 0 Å². The summed E-state index contributed by atoms with van der Waals surface area (Å²) < 4.78 is 28.9. The van der Waals surface area contributed by atoms with Crippen molar-refractivity contribution in [1.82, 2.24) is 9.03 Å². The molecule has 5 nitrogen and oxygen atoms in total. The van der Waals surface area contributed by atoms with Gasteiger partial charge in [0.1, 0.15) is 0 Å². The Morgan fingerprint density at radius 1 is 1.05 bits per heavy atom. The summed E-state index contributed by atoms with van der Waals surface area (Å²) in [6, 6.07) is 0.329. The third-order valence-electron chi connectivity index (χ3n) is 4.17. The first-order valence-electron chi connectivity index (χ1n) is 7.00. The van der Waals surface area contributed by atoms with Crippen molar-refractivity contribution in [3.63, 3.8) is 0 Å². The zero-order valence-electron chi connectivity index (χ0n) is 11.5. The largest absolute Gasteiger partial charge is 0.328 e. The summed E-state index contributed by atoms with van der Waals surface area (Å²) in [5, 5.41) is 0. The van der Waals surface area contributed by atoms with E-state index < -0.39 is 10.2 Å². The fourth-order valence-electron chi connectivity index (χ4n) is 2.75. The van der Waals surface area contributed by atoms with E-state index in [1.54, 1.807) is 4.31 Å². The van der Waals surface area contributed by atoms with E-state index >= 15 is 0 Å². The standard InChI is InChI=1S/C12H25N3O2S.ClH/c1-10-6-8-15(9-7-10)18(16,17)14-12-4-2-11(13)3-5-12;/h10-12,14H,2-9,13H2,1H3;1H. The second-order valence-electron chi connectivity index (χ2n) is 5.82. The first kappa shape index (κ1) is 17.2. The molecule has 0 amide bonds. The molecular weight excluding hydrogens is 286 g/mol. The highest BCUT2D eigenvalue weighted by Crippen LogP contribution is 2.21. The molecule has 1 aliphatic carbocycles. The Balaban J connectivity index is 0.00000180. The molecule has 0 aromatic rings. The summed E-state index contributed by atoms with van der Waals surface area (Å²) in [4.78, 5) is 0. The Bertz CT molecular complexity index is 361. The van der Waals surface area contributed by atoms with Crippen LogP contribution in [-0.4, -0.2) is 37.9 Å². The Hall–Kier alpha value is 0.120. The van der Waals surface area contributed by atoms with Crippen molar-refractivity contribution in [3.05, 3.63) is 0 Å². The van der Waals surface area contributed by atoms with Crippen LogP contribution in [0.3, 0.4) is 0 Å². The molecule has 1 heterocycles. The fourth-order valence-corrected chi connectivity index (χ4v) is 4.25. The average Bonchev–Trinajstić information content (AvgIpc) is 2.32. The fraction of sp³-hybridized carbons (Fsp3) is 1.00. The molecule has 1 saturated carbocycles. The van der Waals surface area contributed by atoms with Gasteiger partial charge in [0.15, 0.2) is 0 Å². The minimum absolute atomic E-state index is 0. The molecular formula is C12H26ClN3O2S. The molecule has 0 atom stereocenters. The van der Waals surface area contributed by atoms with Crippen molar-refractivity contribution < 1.29 is 8.42 Å². The topological polar surface area (TPSA) is 75.4 Å². The van der Waals surface area contributed by atoms with Crippen LogP contribution in [-0.2, 0) is 10.2 Å². The van der Waals surface area contributed by atoms with E-state index in [9.17, 15) is 8.42 Å². The Kier molecular flexibility index (Phi) is 6.53. The lowest BCUT2D eigenvalue weighted by atomic mass is 9.93. The van der Waals surface area contributed by atoms with E-state index in [1.807, 2.05) is 0 Å². The molecule has 0 spiro atoms. The first-order chi connectivity index (χ1) is 8.47. The van der Waals surface area contributed by atoms with Gasteiger partial charge >= 0.3 is 0 Å². The summed E-state index contributed by atoms with van der Waals surface area (Å²) in [5.41, 5.74) is 5.83. The SMILES string of the molecule is CC1CCN(S(=O)(=O)NC2CCC(N)CC2)CC1.Cl. The third-order valence-corrected chi connectivity index (χ3v) is 5.85. The Morgan fingerprint density at radius 3 is 2.11 bits per heavy atom. The third kappa shape index (κ3) is 4.86. The zero-order chi connectivity index (χ0) is 13.2. The number of hydrogen-bond acceptors (Lipinski definition) is 3. The van der Waals surface area contributed by atoms with Crippen LogP contribution >= 0.6 is 12.4 Å². The number of rotatable bonds is 3. The van der Waals surface area contributed by atoms with Gasteiger partial charge in [0.25, 0.3) is 10.2 Å². The van der Waals surface area contributed by atoms with Gasteiger partial charge in [0.05, 0.1) is 0 Å². The monoisotopic (exact) mass is 311 g/mol. The number of hydrogen-bond donors (Lipinski definition) is 2. The molecule has 114 valence electrons.